The molecule has 0 saturated carbocycles. The molecule has 92 valence electrons. The van der Waals surface area contributed by atoms with Crippen LogP contribution in [0.5, 0.6) is 0 Å². The highest BCUT2D eigenvalue weighted by Crippen LogP contribution is 2.17. The lowest BCUT2D eigenvalue weighted by atomic mass is 10.3. The summed E-state index contributed by atoms with van der Waals surface area (Å²) in [6, 6.07) is 4.92. The van der Waals surface area contributed by atoms with Gasteiger partial charge in [-0.15, -0.1) is 6.58 Å². The van der Waals surface area contributed by atoms with Gasteiger partial charge in [0.25, 0.3) is 5.69 Å². The van der Waals surface area contributed by atoms with E-state index in [0.717, 1.165) is 0 Å². The maximum absolute atomic E-state index is 11.8. The van der Waals surface area contributed by atoms with Gasteiger partial charge >= 0.3 is 0 Å². The Morgan fingerprint density at radius 3 is 2.35 bits per heavy atom. The molecule has 0 radical (unpaired) electrons. The molecule has 0 heterocycles. The van der Waals surface area contributed by atoms with Crippen LogP contribution in [0, 0.1) is 10.1 Å². The van der Waals surface area contributed by atoms with Gasteiger partial charge in [0.1, 0.15) is 0 Å². The number of allylic oxidation sites excluding steroid dienone is 1. The lowest BCUT2D eigenvalue weighted by Crippen LogP contribution is -2.06. The van der Waals surface area contributed by atoms with Crippen molar-refractivity contribution in [2.75, 3.05) is 5.75 Å². The van der Waals surface area contributed by atoms with Crippen LogP contribution in [0.15, 0.2) is 41.8 Å². The molecule has 0 amide bonds. The Kier molecular flexibility index (Phi) is 4.39. The van der Waals surface area contributed by atoms with E-state index >= 15 is 0 Å². The van der Waals surface area contributed by atoms with Gasteiger partial charge in [0.2, 0.25) is 0 Å². The number of benzene rings is 1. The van der Waals surface area contributed by atoms with E-state index in [1.54, 1.807) is 6.08 Å². The fourth-order valence-corrected chi connectivity index (χ4v) is 2.64. The Balaban J connectivity index is 2.85. The number of hydrogen-bond acceptors (Lipinski definition) is 4. The lowest BCUT2D eigenvalue weighted by molar-refractivity contribution is -0.384. The Morgan fingerprint density at radius 1 is 1.29 bits per heavy atom. The van der Waals surface area contributed by atoms with Gasteiger partial charge in [-0.2, -0.15) is 0 Å². The molecule has 0 aliphatic carbocycles. The number of nitro benzene ring substituents is 1. The smallest absolute Gasteiger partial charge is 0.258 e. The highest BCUT2D eigenvalue weighted by Gasteiger charge is 2.15. The number of rotatable bonds is 6. The molecular weight excluding hydrogens is 242 g/mol. The molecule has 0 fully saturated rings. The Labute approximate surface area is 99.8 Å². The summed E-state index contributed by atoms with van der Waals surface area (Å²) in [5, 5.41) is 10.4. The molecule has 0 aliphatic heterocycles. The summed E-state index contributed by atoms with van der Waals surface area (Å²) in [6.07, 6.45) is 2.79. The highest BCUT2D eigenvalue weighted by molar-refractivity contribution is 7.91. The SMILES string of the molecule is C=CCCCS(=O)(=O)c1ccc([N+](=O)[O-])cc1. The molecule has 5 nitrogen and oxygen atoms in total. The predicted octanol–water partition coefficient (Wildman–Crippen LogP) is 2.33. The van der Waals surface area contributed by atoms with Crippen LogP contribution in [0.3, 0.4) is 0 Å². The van der Waals surface area contributed by atoms with Crippen LogP contribution >= 0.6 is 0 Å². The third kappa shape index (κ3) is 3.67. The van der Waals surface area contributed by atoms with Crippen molar-refractivity contribution in [3.63, 3.8) is 0 Å². The summed E-state index contributed by atoms with van der Waals surface area (Å²) in [5.74, 6) is 0.0246. The largest absolute Gasteiger partial charge is 0.269 e. The Hall–Kier alpha value is -1.69. The minimum Gasteiger partial charge on any atom is -0.258 e. The second kappa shape index (κ2) is 5.58. The second-order valence-electron chi connectivity index (χ2n) is 3.50. The molecule has 0 bridgehead atoms. The summed E-state index contributed by atoms with van der Waals surface area (Å²) in [5.41, 5.74) is -0.116. The van der Waals surface area contributed by atoms with Crippen LogP contribution in [0.25, 0.3) is 0 Å². The molecule has 0 spiro atoms. The first-order chi connectivity index (χ1) is 7.97. The Bertz CT molecular complexity index is 505. The van der Waals surface area contributed by atoms with Crippen molar-refractivity contribution in [2.24, 2.45) is 0 Å². The summed E-state index contributed by atoms with van der Waals surface area (Å²) < 4.78 is 23.6. The zero-order valence-electron chi connectivity index (χ0n) is 9.20. The van der Waals surface area contributed by atoms with Gasteiger partial charge in [0.05, 0.1) is 15.6 Å². The third-order valence-corrected chi connectivity index (χ3v) is 4.04. The zero-order chi connectivity index (χ0) is 12.9. The fourth-order valence-electron chi connectivity index (χ4n) is 1.31. The van der Waals surface area contributed by atoms with E-state index in [2.05, 4.69) is 6.58 Å². The molecule has 0 aliphatic rings. The molecule has 0 unspecified atom stereocenters. The van der Waals surface area contributed by atoms with Gasteiger partial charge in [0.15, 0.2) is 9.84 Å². The van der Waals surface area contributed by atoms with Crippen molar-refractivity contribution in [3.8, 4) is 0 Å². The van der Waals surface area contributed by atoms with Crippen molar-refractivity contribution < 1.29 is 13.3 Å². The molecule has 0 aromatic heterocycles. The monoisotopic (exact) mass is 255 g/mol. The van der Waals surface area contributed by atoms with Crippen molar-refractivity contribution in [1.29, 1.82) is 0 Å². The van der Waals surface area contributed by atoms with E-state index in [0.29, 0.717) is 12.8 Å². The molecule has 1 aromatic rings. The molecule has 0 saturated heterocycles. The number of unbranched alkanes of at least 4 members (excludes halogenated alkanes) is 1. The standard InChI is InChI=1S/C11H13NO4S/c1-2-3-4-9-17(15,16)11-7-5-10(6-8-11)12(13)14/h2,5-8H,1,3-4,9H2. The molecular formula is C11H13NO4S. The molecule has 0 N–H and O–H groups in total. The van der Waals surface area contributed by atoms with Crippen molar-refractivity contribution in [3.05, 3.63) is 47.0 Å². The van der Waals surface area contributed by atoms with Crippen molar-refractivity contribution in [1.82, 2.24) is 0 Å². The summed E-state index contributed by atoms with van der Waals surface area (Å²) in [4.78, 5) is 9.97. The van der Waals surface area contributed by atoms with Crippen LogP contribution in [-0.2, 0) is 9.84 Å². The Morgan fingerprint density at radius 2 is 1.88 bits per heavy atom. The molecule has 1 rings (SSSR count). The third-order valence-electron chi connectivity index (χ3n) is 2.23. The lowest BCUT2D eigenvalue weighted by Gasteiger charge is -2.02. The predicted molar refractivity (Wildman–Crippen MR) is 64.6 cm³/mol. The van der Waals surface area contributed by atoms with Crippen LogP contribution in [0.4, 0.5) is 5.69 Å². The maximum Gasteiger partial charge on any atom is 0.269 e. The van der Waals surface area contributed by atoms with E-state index in [4.69, 9.17) is 0 Å². The maximum atomic E-state index is 11.8. The number of sulfone groups is 1. The van der Waals surface area contributed by atoms with Gasteiger partial charge in [-0.05, 0) is 25.0 Å². The summed E-state index contributed by atoms with van der Waals surface area (Å²) in [6.45, 7) is 3.51. The van der Waals surface area contributed by atoms with Gasteiger partial charge in [-0.3, -0.25) is 10.1 Å². The van der Waals surface area contributed by atoms with Gasteiger partial charge in [-0.1, -0.05) is 6.08 Å². The second-order valence-corrected chi connectivity index (χ2v) is 5.61. The van der Waals surface area contributed by atoms with Crippen molar-refractivity contribution in [2.45, 2.75) is 17.7 Å². The van der Waals surface area contributed by atoms with E-state index in [1.165, 1.54) is 24.3 Å². The van der Waals surface area contributed by atoms with E-state index < -0.39 is 14.8 Å². The minimum atomic E-state index is -3.35. The fraction of sp³-hybridized carbons (Fsp3) is 0.273. The van der Waals surface area contributed by atoms with E-state index in [-0.39, 0.29) is 16.3 Å². The first-order valence-corrected chi connectivity index (χ1v) is 6.71. The number of hydrogen-bond donors (Lipinski definition) is 0. The van der Waals surface area contributed by atoms with Crippen molar-refractivity contribution >= 4 is 15.5 Å². The number of nitro groups is 1. The normalized spacial score (nSPS) is 11.1. The minimum absolute atomic E-state index is 0.0246. The zero-order valence-corrected chi connectivity index (χ0v) is 10.0. The van der Waals surface area contributed by atoms with Crippen LogP contribution < -0.4 is 0 Å². The molecule has 0 atom stereocenters. The topological polar surface area (TPSA) is 77.3 Å². The van der Waals surface area contributed by atoms with E-state index in [1.807, 2.05) is 0 Å². The quantitative estimate of drug-likeness (QED) is 0.338. The average Bonchev–Trinajstić information content (AvgIpc) is 2.29. The van der Waals surface area contributed by atoms with Gasteiger partial charge in [0, 0.05) is 12.1 Å². The summed E-state index contributed by atoms with van der Waals surface area (Å²) in [7, 11) is -3.35. The van der Waals surface area contributed by atoms with Gasteiger partial charge in [-0.25, -0.2) is 8.42 Å². The molecule has 1 aromatic carbocycles. The number of non-ortho nitro benzene ring substituents is 1. The van der Waals surface area contributed by atoms with Crippen LogP contribution in [0.2, 0.25) is 0 Å². The molecule has 6 heteroatoms. The van der Waals surface area contributed by atoms with Crippen LogP contribution in [0.1, 0.15) is 12.8 Å². The first-order valence-electron chi connectivity index (χ1n) is 5.05. The highest BCUT2D eigenvalue weighted by atomic mass is 32.2. The average molecular weight is 255 g/mol. The molecule has 17 heavy (non-hydrogen) atoms. The first kappa shape index (κ1) is 13.4. The van der Waals surface area contributed by atoms with Crippen LogP contribution in [-0.4, -0.2) is 19.1 Å². The summed E-state index contributed by atoms with van der Waals surface area (Å²) >= 11 is 0. The van der Waals surface area contributed by atoms with E-state index in [9.17, 15) is 18.5 Å². The van der Waals surface area contributed by atoms with Gasteiger partial charge < -0.3 is 0 Å². The number of nitrogens with zero attached hydrogens (tertiary/aromatic N) is 1.